The third kappa shape index (κ3) is 4.01. The van der Waals surface area contributed by atoms with Crippen molar-refractivity contribution in [3.8, 4) is 0 Å². The highest BCUT2D eigenvalue weighted by Gasteiger charge is 2.43. The number of carbonyl (C=O) groups is 2. The molecule has 0 spiro atoms. The van der Waals surface area contributed by atoms with Crippen LogP contribution in [0.4, 0.5) is 0 Å². The second-order valence-electron chi connectivity index (χ2n) is 6.70. The molecule has 2 rings (SSSR count). The number of carboxylic acids is 1. The first-order chi connectivity index (χ1) is 11.4. The van der Waals surface area contributed by atoms with Crippen LogP contribution < -0.4 is 0 Å². The van der Waals surface area contributed by atoms with Gasteiger partial charge in [-0.2, -0.15) is 0 Å². The fourth-order valence-corrected chi connectivity index (χ4v) is 3.72. The first kappa shape index (κ1) is 18.6. The Labute approximate surface area is 146 Å². The van der Waals surface area contributed by atoms with E-state index in [1.807, 2.05) is 26.8 Å². The Morgan fingerprint density at radius 1 is 1.42 bits per heavy atom. The van der Waals surface area contributed by atoms with Crippen molar-refractivity contribution in [1.29, 1.82) is 0 Å². The van der Waals surface area contributed by atoms with E-state index in [9.17, 15) is 14.7 Å². The van der Waals surface area contributed by atoms with E-state index in [-0.39, 0.29) is 12.5 Å². The van der Waals surface area contributed by atoms with Crippen LogP contribution in [-0.4, -0.2) is 44.6 Å². The molecule has 7 heteroatoms. The number of rotatable bonds is 6. The van der Waals surface area contributed by atoms with Gasteiger partial charge in [-0.1, -0.05) is 29.5 Å². The van der Waals surface area contributed by atoms with E-state index in [4.69, 9.17) is 0 Å². The van der Waals surface area contributed by atoms with Crippen LogP contribution in [0.25, 0.3) is 0 Å². The maximum Gasteiger partial charge on any atom is 0.311 e. The largest absolute Gasteiger partial charge is 0.481 e. The highest BCUT2D eigenvalue weighted by atomic mass is 32.1. The predicted molar refractivity (Wildman–Crippen MR) is 93.2 cm³/mol. The van der Waals surface area contributed by atoms with Crippen LogP contribution >= 0.6 is 11.5 Å². The van der Waals surface area contributed by atoms with Crippen LogP contribution in [0.15, 0.2) is 11.6 Å². The van der Waals surface area contributed by atoms with Crippen LogP contribution in [0.5, 0.6) is 0 Å². The third-order valence-corrected chi connectivity index (χ3v) is 5.21. The number of nitrogens with zero attached hydrogens (tertiary/aromatic N) is 3. The molecule has 24 heavy (non-hydrogen) atoms. The van der Waals surface area contributed by atoms with Crippen LogP contribution in [0.3, 0.4) is 0 Å². The quantitative estimate of drug-likeness (QED) is 0.796. The van der Waals surface area contributed by atoms with Crippen molar-refractivity contribution in [1.82, 2.24) is 14.5 Å². The number of allylic oxidation sites excluding steroid dienone is 2. The Hall–Kier alpha value is -1.76. The summed E-state index contributed by atoms with van der Waals surface area (Å²) in [5, 5.41) is 13.8. The summed E-state index contributed by atoms with van der Waals surface area (Å²) in [6.07, 6.45) is 5.32. The number of carbonyl (C=O) groups excluding carboxylic acids is 1. The van der Waals surface area contributed by atoms with Gasteiger partial charge in [0.1, 0.15) is 4.88 Å². The molecule has 0 bridgehead atoms. The van der Waals surface area contributed by atoms with Crippen molar-refractivity contribution >= 4 is 23.4 Å². The minimum absolute atomic E-state index is 0.129. The molecule has 1 atom stereocenters. The van der Waals surface area contributed by atoms with E-state index in [1.165, 1.54) is 0 Å². The number of piperidine rings is 1. The Morgan fingerprint density at radius 2 is 2.17 bits per heavy atom. The summed E-state index contributed by atoms with van der Waals surface area (Å²) in [5.74, 6) is -0.954. The molecule has 1 aromatic rings. The first-order valence-corrected chi connectivity index (χ1v) is 9.14. The molecule has 6 nitrogen and oxygen atoms in total. The number of hydrogen-bond acceptors (Lipinski definition) is 5. The molecule has 1 fully saturated rings. The smallest absolute Gasteiger partial charge is 0.311 e. The molecule has 0 aliphatic carbocycles. The van der Waals surface area contributed by atoms with Gasteiger partial charge in [0, 0.05) is 13.1 Å². The van der Waals surface area contributed by atoms with Gasteiger partial charge in [-0.15, -0.1) is 5.10 Å². The Balaban J connectivity index is 2.21. The molecule has 0 aromatic carbocycles. The molecular formula is C17H25N3O3S. The monoisotopic (exact) mass is 351 g/mol. The molecule has 0 saturated carbocycles. The number of carboxylic acid groups (broad SMARTS) is 1. The van der Waals surface area contributed by atoms with Crippen molar-refractivity contribution in [3.05, 3.63) is 22.2 Å². The minimum Gasteiger partial charge on any atom is -0.481 e. The van der Waals surface area contributed by atoms with Gasteiger partial charge in [0.05, 0.1) is 11.1 Å². The highest BCUT2D eigenvalue weighted by molar-refractivity contribution is 7.08. The third-order valence-electron chi connectivity index (χ3n) is 4.46. The van der Waals surface area contributed by atoms with Crippen LogP contribution in [-0.2, 0) is 11.2 Å². The van der Waals surface area contributed by atoms with E-state index in [0.29, 0.717) is 37.1 Å². The van der Waals surface area contributed by atoms with Crippen molar-refractivity contribution in [3.63, 3.8) is 0 Å². The molecule has 1 saturated heterocycles. The Bertz CT molecular complexity index is 637. The molecule has 1 aliphatic heterocycles. The normalized spacial score (nSPS) is 20.7. The average Bonchev–Trinajstić information content (AvgIpc) is 3.01. The number of aromatic nitrogens is 2. The van der Waals surface area contributed by atoms with Crippen LogP contribution in [0.2, 0.25) is 0 Å². The molecule has 0 radical (unpaired) electrons. The predicted octanol–water partition coefficient (Wildman–Crippen LogP) is 3.15. The topological polar surface area (TPSA) is 83.4 Å². The first-order valence-electron chi connectivity index (χ1n) is 8.37. The molecule has 0 unspecified atom stereocenters. The van der Waals surface area contributed by atoms with Gasteiger partial charge in [-0.25, -0.2) is 0 Å². The summed E-state index contributed by atoms with van der Waals surface area (Å²) >= 11 is 1.11. The zero-order valence-electron chi connectivity index (χ0n) is 14.5. The lowest BCUT2D eigenvalue weighted by atomic mass is 9.76. The molecule has 132 valence electrons. The summed E-state index contributed by atoms with van der Waals surface area (Å²) in [7, 11) is 0. The van der Waals surface area contributed by atoms with Gasteiger partial charge in [-0.3, -0.25) is 9.59 Å². The summed E-state index contributed by atoms with van der Waals surface area (Å²) in [6, 6.07) is 0. The number of aryl methyl sites for hydroxylation is 1. The lowest BCUT2D eigenvalue weighted by Gasteiger charge is -2.39. The van der Waals surface area contributed by atoms with E-state index in [2.05, 4.69) is 9.59 Å². The molecular weight excluding hydrogens is 326 g/mol. The number of likely N-dealkylation sites (tertiary alicyclic amines) is 1. The van der Waals surface area contributed by atoms with Gasteiger partial charge in [0.25, 0.3) is 5.91 Å². The lowest BCUT2D eigenvalue weighted by molar-refractivity contribution is -0.151. The van der Waals surface area contributed by atoms with Gasteiger partial charge in [-0.05, 0) is 51.1 Å². The van der Waals surface area contributed by atoms with Crippen molar-refractivity contribution < 1.29 is 14.7 Å². The van der Waals surface area contributed by atoms with E-state index >= 15 is 0 Å². The zero-order valence-corrected chi connectivity index (χ0v) is 15.4. The van der Waals surface area contributed by atoms with Gasteiger partial charge in [0.2, 0.25) is 0 Å². The lowest BCUT2D eigenvalue weighted by Crippen LogP contribution is -2.49. The fourth-order valence-electron chi connectivity index (χ4n) is 3.05. The number of amides is 1. The van der Waals surface area contributed by atoms with Gasteiger partial charge < -0.3 is 10.0 Å². The van der Waals surface area contributed by atoms with E-state index in [0.717, 1.165) is 29.2 Å². The molecule has 1 N–H and O–H groups in total. The standard InChI is InChI=1S/C17H25N3O3S/c1-4-6-13-14(24-19-18-13)15(21)20-10-5-8-17(11-20,16(22)23)9-7-12(2)3/h7H,4-6,8-11H2,1-3H3,(H,22,23)/t17-/m0/s1. The Morgan fingerprint density at radius 3 is 2.79 bits per heavy atom. The molecule has 2 heterocycles. The van der Waals surface area contributed by atoms with Gasteiger partial charge in [0.15, 0.2) is 0 Å². The van der Waals surface area contributed by atoms with E-state index < -0.39 is 11.4 Å². The highest BCUT2D eigenvalue weighted by Crippen LogP contribution is 2.35. The minimum atomic E-state index is -0.895. The maximum atomic E-state index is 12.9. The van der Waals surface area contributed by atoms with Gasteiger partial charge >= 0.3 is 5.97 Å². The summed E-state index contributed by atoms with van der Waals surface area (Å²) in [5.41, 5.74) is 0.924. The Kier molecular flexibility index (Phi) is 6.10. The van der Waals surface area contributed by atoms with Crippen LogP contribution in [0.1, 0.15) is 61.8 Å². The molecule has 1 aliphatic rings. The number of hydrogen-bond donors (Lipinski definition) is 1. The van der Waals surface area contributed by atoms with Crippen molar-refractivity contribution in [2.45, 2.75) is 52.9 Å². The SMILES string of the molecule is CCCc1nnsc1C(=O)N1CCC[C@@](CC=C(C)C)(C(=O)O)C1. The van der Waals surface area contributed by atoms with Crippen molar-refractivity contribution in [2.75, 3.05) is 13.1 Å². The number of aliphatic carboxylic acids is 1. The second kappa shape index (κ2) is 7.88. The summed E-state index contributed by atoms with van der Waals surface area (Å²) in [4.78, 5) is 27.0. The zero-order chi connectivity index (χ0) is 17.7. The average molecular weight is 351 g/mol. The van der Waals surface area contributed by atoms with Crippen molar-refractivity contribution in [2.24, 2.45) is 5.41 Å². The maximum absolute atomic E-state index is 12.9. The molecule has 1 amide bonds. The summed E-state index contributed by atoms with van der Waals surface area (Å²) in [6.45, 7) is 6.78. The van der Waals surface area contributed by atoms with Crippen LogP contribution in [0, 0.1) is 5.41 Å². The molecule has 1 aromatic heterocycles. The van der Waals surface area contributed by atoms with E-state index in [1.54, 1.807) is 4.90 Å². The fraction of sp³-hybridized carbons (Fsp3) is 0.647. The second-order valence-corrected chi connectivity index (χ2v) is 7.45. The summed E-state index contributed by atoms with van der Waals surface area (Å²) < 4.78 is 3.91.